The molecule has 1 aliphatic heterocycles. The van der Waals surface area contributed by atoms with E-state index in [1.54, 1.807) is 27.7 Å². The van der Waals surface area contributed by atoms with Gasteiger partial charge >= 0.3 is 7.12 Å². The first-order valence-corrected chi connectivity index (χ1v) is 5.36. The molecule has 92 valence electrons. The largest absolute Gasteiger partial charge is 0.494 e. The van der Waals surface area contributed by atoms with Crippen molar-refractivity contribution in [3.8, 4) is 0 Å². The molecule has 0 aromatic heterocycles. The molecule has 0 spiro atoms. The van der Waals surface area contributed by atoms with Gasteiger partial charge in [-0.2, -0.15) is 0 Å². The molecular formula is C13H18BFO2. The van der Waals surface area contributed by atoms with Crippen LogP contribution < -0.4 is 5.46 Å². The SMILES string of the molecule is [2H]c1c([2H])c(C([2H])([2H])[2H])c(F)c([2H])c1B1OC(C)(C)C(C)(C)O1. The van der Waals surface area contributed by atoms with Gasteiger partial charge in [-0.05, 0) is 51.6 Å². The van der Waals surface area contributed by atoms with Crippen LogP contribution in [0.25, 0.3) is 0 Å². The van der Waals surface area contributed by atoms with Crippen molar-refractivity contribution >= 4 is 12.6 Å². The summed E-state index contributed by atoms with van der Waals surface area (Å²) in [6.45, 7) is 4.12. The molecule has 1 aliphatic rings. The van der Waals surface area contributed by atoms with Gasteiger partial charge in [-0.3, -0.25) is 0 Å². The zero-order chi connectivity index (χ0) is 18.0. The van der Waals surface area contributed by atoms with Gasteiger partial charge in [0.15, 0.2) is 0 Å². The van der Waals surface area contributed by atoms with E-state index < -0.39 is 54.7 Å². The lowest BCUT2D eigenvalue weighted by molar-refractivity contribution is 0.00578. The van der Waals surface area contributed by atoms with E-state index in [9.17, 15) is 4.39 Å². The monoisotopic (exact) mass is 242 g/mol. The lowest BCUT2D eigenvalue weighted by Crippen LogP contribution is -2.41. The van der Waals surface area contributed by atoms with Gasteiger partial charge in [0.2, 0.25) is 0 Å². The third kappa shape index (κ3) is 2.12. The minimum absolute atomic E-state index is 0.265. The Morgan fingerprint density at radius 2 is 1.82 bits per heavy atom. The van der Waals surface area contributed by atoms with Crippen molar-refractivity contribution in [2.24, 2.45) is 0 Å². The molecule has 0 N–H and O–H groups in total. The third-order valence-electron chi connectivity index (χ3n) is 3.28. The molecule has 1 aromatic carbocycles. The van der Waals surface area contributed by atoms with Gasteiger partial charge in [0, 0.05) is 4.11 Å². The molecule has 1 aromatic rings. The van der Waals surface area contributed by atoms with E-state index in [-0.39, 0.29) is 5.46 Å². The molecule has 0 atom stereocenters. The number of hydrogen-bond acceptors (Lipinski definition) is 2. The van der Waals surface area contributed by atoms with Crippen molar-refractivity contribution in [2.45, 2.75) is 45.7 Å². The van der Waals surface area contributed by atoms with Crippen LogP contribution in [0.3, 0.4) is 0 Å². The quantitative estimate of drug-likeness (QED) is 0.704. The van der Waals surface area contributed by atoms with E-state index >= 15 is 0 Å². The second kappa shape index (κ2) is 3.82. The topological polar surface area (TPSA) is 18.5 Å². The summed E-state index contributed by atoms with van der Waals surface area (Å²) in [5.74, 6) is -1.34. The van der Waals surface area contributed by atoms with Crippen LogP contribution in [-0.4, -0.2) is 18.3 Å². The third-order valence-corrected chi connectivity index (χ3v) is 3.28. The highest BCUT2D eigenvalue weighted by Crippen LogP contribution is 2.36. The summed E-state index contributed by atoms with van der Waals surface area (Å²) in [5, 5.41) is 0. The van der Waals surface area contributed by atoms with Crippen LogP contribution in [0.2, 0.25) is 0 Å². The van der Waals surface area contributed by atoms with Gasteiger partial charge in [0.25, 0.3) is 0 Å². The zero-order valence-corrected chi connectivity index (χ0v) is 10.3. The van der Waals surface area contributed by atoms with Gasteiger partial charge in [0.05, 0.1) is 15.3 Å². The molecule has 0 radical (unpaired) electrons. The van der Waals surface area contributed by atoms with E-state index in [1.165, 1.54) is 0 Å². The van der Waals surface area contributed by atoms with Gasteiger partial charge in [-0.15, -0.1) is 0 Å². The van der Waals surface area contributed by atoms with Crippen LogP contribution in [0.4, 0.5) is 4.39 Å². The Kier molecular flexibility index (Phi) is 1.55. The lowest BCUT2D eigenvalue weighted by atomic mass is 9.79. The van der Waals surface area contributed by atoms with Crippen LogP contribution in [0, 0.1) is 12.7 Å². The number of halogens is 1. The predicted octanol–water partition coefficient (Wildman–Crippen LogP) is 2.43. The van der Waals surface area contributed by atoms with Crippen molar-refractivity contribution in [1.29, 1.82) is 0 Å². The summed E-state index contributed by atoms with van der Waals surface area (Å²) in [6.07, 6.45) is 0. The molecule has 1 saturated heterocycles. The summed E-state index contributed by atoms with van der Waals surface area (Å²) in [6, 6.07) is -2.13. The summed E-state index contributed by atoms with van der Waals surface area (Å²) in [5.41, 5.74) is -2.72. The molecule has 0 amide bonds. The fourth-order valence-electron chi connectivity index (χ4n) is 1.48. The fourth-order valence-corrected chi connectivity index (χ4v) is 1.48. The first-order valence-electron chi connectivity index (χ1n) is 8.36. The Bertz CT molecular complexity index is 614. The Balaban J connectivity index is 2.64. The molecular weight excluding hydrogens is 218 g/mol. The van der Waals surface area contributed by atoms with Crippen molar-refractivity contribution in [3.05, 3.63) is 29.5 Å². The molecule has 1 heterocycles. The number of hydrogen-bond donors (Lipinski definition) is 0. The van der Waals surface area contributed by atoms with Gasteiger partial charge in [0.1, 0.15) is 5.82 Å². The summed E-state index contributed by atoms with van der Waals surface area (Å²) < 4.78 is 71.3. The van der Waals surface area contributed by atoms with Crippen molar-refractivity contribution in [3.63, 3.8) is 0 Å². The highest BCUT2D eigenvalue weighted by Gasteiger charge is 2.51. The standard InChI is InChI=1S/C13H18BFO2/c1-9-6-7-10(8-11(9)15)14-16-12(2,3)13(4,5)17-14/h6-8H,1-5H3/i1D3,6D,7D,8D. The number of rotatable bonds is 1. The molecule has 4 heteroatoms. The first kappa shape index (κ1) is 6.91. The second-order valence-corrected chi connectivity index (χ2v) is 5.07. The average molecular weight is 242 g/mol. The Labute approximate surface area is 111 Å². The minimum atomic E-state index is -2.92. The molecule has 2 nitrogen and oxygen atoms in total. The highest BCUT2D eigenvalue weighted by molar-refractivity contribution is 6.62. The van der Waals surface area contributed by atoms with Crippen LogP contribution in [-0.2, 0) is 9.31 Å². The molecule has 0 aliphatic carbocycles. The Morgan fingerprint density at radius 3 is 2.35 bits per heavy atom. The highest BCUT2D eigenvalue weighted by atomic mass is 19.1. The van der Waals surface area contributed by atoms with Crippen molar-refractivity contribution in [2.75, 3.05) is 0 Å². The second-order valence-electron chi connectivity index (χ2n) is 5.07. The summed E-state index contributed by atoms with van der Waals surface area (Å²) in [4.78, 5) is 0. The van der Waals surface area contributed by atoms with E-state index in [0.29, 0.717) is 0 Å². The summed E-state index contributed by atoms with van der Waals surface area (Å²) in [7, 11) is -1.20. The molecule has 0 bridgehead atoms. The normalized spacial score (nSPS) is 27.7. The molecule has 17 heavy (non-hydrogen) atoms. The molecule has 0 saturated carbocycles. The smallest absolute Gasteiger partial charge is 0.399 e. The maximum Gasteiger partial charge on any atom is 0.494 e. The lowest BCUT2D eigenvalue weighted by Gasteiger charge is -2.32. The fraction of sp³-hybridized carbons (Fsp3) is 0.538. The van der Waals surface area contributed by atoms with Crippen molar-refractivity contribution in [1.82, 2.24) is 0 Å². The number of benzene rings is 1. The van der Waals surface area contributed by atoms with E-state index in [2.05, 4.69) is 0 Å². The zero-order valence-electron chi connectivity index (χ0n) is 16.3. The van der Waals surface area contributed by atoms with Gasteiger partial charge < -0.3 is 9.31 Å². The van der Waals surface area contributed by atoms with E-state index in [1.807, 2.05) is 0 Å². The van der Waals surface area contributed by atoms with Crippen molar-refractivity contribution < 1.29 is 21.9 Å². The van der Waals surface area contributed by atoms with Crippen LogP contribution in [0.5, 0.6) is 0 Å². The average Bonchev–Trinajstić information content (AvgIpc) is 2.54. The minimum Gasteiger partial charge on any atom is -0.399 e. The van der Waals surface area contributed by atoms with Gasteiger partial charge in [-0.1, -0.05) is 12.1 Å². The maximum absolute atomic E-state index is 14.4. The van der Waals surface area contributed by atoms with Crippen LogP contribution >= 0.6 is 0 Å². The van der Waals surface area contributed by atoms with E-state index in [0.717, 1.165) is 0 Å². The summed E-state index contributed by atoms with van der Waals surface area (Å²) >= 11 is 0. The van der Waals surface area contributed by atoms with Crippen LogP contribution in [0.15, 0.2) is 18.1 Å². The Morgan fingerprint density at radius 1 is 1.24 bits per heavy atom. The molecule has 1 fully saturated rings. The molecule has 2 rings (SSSR count). The van der Waals surface area contributed by atoms with Gasteiger partial charge in [-0.25, -0.2) is 4.39 Å². The molecule has 0 unspecified atom stereocenters. The Hall–Kier alpha value is -0.865. The first-order chi connectivity index (χ1) is 10.2. The van der Waals surface area contributed by atoms with E-state index in [4.69, 9.17) is 17.5 Å². The van der Waals surface area contributed by atoms with Crippen LogP contribution in [0.1, 0.15) is 41.5 Å². The maximum atomic E-state index is 14.4. The predicted molar refractivity (Wildman–Crippen MR) is 66.9 cm³/mol.